The Balaban J connectivity index is 1.22. The van der Waals surface area contributed by atoms with Crippen LogP contribution in [-0.2, 0) is 0 Å². The van der Waals surface area contributed by atoms with Gasteiger partial charge in [-0.1, -0.05) is 109 Å². The third-order valence-electron chi connectivity index (χ3n) is 9.36. The number of furan rings is 1. The lowest BCUT2D eigenvalue weighted by atomic mass is 9.92. The van der Waals surface area contributed by atoms with Gasteiger partial charge >= 0.3 is 0 Å². The first-order valence-electron chi connectivity index (χ1n) is 15.1. The van der Waals surface area contributed by atoms with Crippen LogP contribution in [0.2, 0.25) is 0 Å². The van der Waals surface area contributed by atoms with E-state index in [4.69, 9.17) is 4.42 Å². The Hall–Kier alpha value is -5.86. The molecule has 2 nitrogen and oxygen atoms in total. The second kappa shape index (κ2) is 8.82. The molecule has 2 heteroatoms. The van der Waals surface area contributed by atoms with Crippen LogP contribution in [-0.4, -0.2) is 4.57 Å². The van der Waals surface area contributed by atoms with E-state index in [1.165, 1.54) is 54.3 Å². The fraction of sp³-hybridized carbons (Fsp3) is 0. The first-order valence-corrected chi connectivity index (χ1v) is 15.1. The molecule has 0 aliphatic rings. The lowest BCUT2D eigenvalue weighted by Crippen LogP contribution is -1.94. The molecule has 0 aliphatic heterocycles. The molecule has 0 fully saturated rings. The van der Waals surface area contributed by atoms with Gasteiger partial charge in [-0.2, -0.15) is 0 Å². The monoisotopic (exact) mass is 559 g/mol. The van der Waals surface area contributed by atoms with Gasteiger partial charge in [-0.15, -0.1) is 0 Å². The van der Waals surface area contributed by atoms with Gasteiger partial charge < -0.3 is 8.98 Å². The Morgan fingerprint density at radius 2 is 0.955 bits per heavy atom. The maximum absolute atomic E-state index is 6.51. The number of rotatable bonds is 2. The van der Waals surface area contributed by atoms with Crippen molar-refractivity contribution in [3.63, 3.8) is 0 Å². The summed E-state index contributed by atoms with van der Waals surface area (Å²) >= 11 is 0. The molecule has 0 aliphatic carbocycles. The van der Waals surface area contributed by atoms with Crippen molar-refractivity contribution < 1.29 is 4.42 Å². The van der Waals surface area contributed by atoms with Gasteiger partial charge in [-0.25, -0.2) is 0 Å². The summed E-state index contributed by atoms with van der Waals surface area (Å²) in [6.07, 6.45) is 0. The summed E-state index contributed by atoms with van der Waals surface area (Å²) in [7, 11) is 0. The minimum Gasteiger partial charge on any atom is -0.455 e. The lowest BCUT2D eigenvalue weighted by molar-refractivity contribution is 0.673. The molecule has 0 radical (unpaired) electrons. The van der Waals surface area contributed by atoms with E-state index in [0.717, 1.165) is 38.5 Å². The predicted molar refractivity (Wildman–Crippen MR) is 186 cm³/mol. The number of fused-ring (bicyclic) bond motifs is 13. The Kier molecular flexibility index (Phi) is 4.75. The third-order valence-corrected chi connectivity index (χ3v) is 9.36. The van der Waals surface area contributed by atoms with Crippen LogP contribution in [0.4, 0.5) is 0 Å². The molecule has 0 atom stereocenters. The molecule has 0 spiro atoms. The number of hydrogen-bond acceptors (Lipinski definition) is 1. The van der Waals surface area contributed by atoms with E-state index in [1.54, 1.807) is 0 Å². The third kappa shape index (κ3) is 3.20. The number of hydrogen-bond donors (Lipinski definition) is 0. The molecular weight excluding hydrogens is 534 g/mol. The van der Waals surface area contributed by atoms with Crippen molar-refractivity contribution in [3.8, 4) is 16.8 Å². The van der Waals surface area contributed by atoms with Crippen LogP contribution in [0.1, 0.15) is 0 Å². The highest BCUT2D eigenvalue weighted by Crippen LogP contribution is 2.41. The van der Waals surface area contributed by atoms with Crippen LogP contribution >= 0.6 is 0 Å². The van der Waals surface area contributed by atoms with Gasteiger partial charge in [0.15, 0.2) is 0 Å². The molecular formula is C42H25NO. The molecule has 0 amide bonds. The molecule has 44 heavy (non-hydrogen) atoms. The molecule has 0 saturated carbocycles. The minimum absolute atomic E-state index is 0.922. The normalized spacial score (nSPS) is 12.1. The molecule has 0 saturated heterocycles. The van der Waals surface area contributed by atoms with Gasteiger partial charge in [-0.05, 0) is 85.9 Å². The van der Waals surface area contributed by atoms with Crippen molar-refractivity contribution in [3.05, 3.63) is 152 Å². The summed E-state index contributed by atoms with van der Waals surface area (Å²) in [5.41, 5.74) is 7.72. The Labute approximate surface area is 253 Å². The second-order valence-electron chi connectivity index (χ2n) is 11.7. The van der Waals surface area contributed by atoms with Gasteiger partial charge in [0, 0.05) is 21.8 Å². The van der Waals surface area contributed by atoms with Gasteiger partial charge in [0.05, 0.1) is 16.4 Å². The van der Waals surface area contributed by atoms with E-state index >= 15 is 0 Å². The molecule has 10 rings (SSSR count). The number of benzene rings is 8. The standard InChI is InChI=1S/C42H25NO/c1-2-14-31-29(12-1)30-13-3-4-15-32(30)37-25-27(20-21-33(31)37)26-10-9-11-28(24-26)43-38-18-7-5-17-36(38)41-39(43)23-22-35-34-16-6-8-19-40(34)44-42(35)41/h1-25H. The van der Waals surface area contributed by atoms with Crippen molar-refractivity contribution in [2.45, 2.75) is 0 Å². The van der Waals surface area contributed by atoms with E-state index in [1.807, 2.05) is 6.07 Å². The van der Waals surface area contributed by atoms with Crippen LogP contribution in [0, 0.1) is 0 Å². The second-order valence-corrected chi connectivity index (χ2v) is 11.7. The van der Waals surface area contributed by atoms with Crippen molar-refractivity contribution >= 4 is 76.1 Å². The predicted octanol–water partition coefficient (Wildman–Crippen LogP) is 11.8. The zero-order valence-electron chi connectivity index (χ0n) is 23.8. The quantitative estimate of drug-likeness (QED) is 0.193. The zero-order valence-corrected chi connectivity index (χ0v) is 23.8. The molecule has 0 unspecified atom stereocenters. The first kappa shape index (κ1) is 23.7. The average molecular weight is 560 g/mol. The Bertz CT molecular complexity index is 2740. The van der Waals surface area contributed by atoms with E-state index in [9.17, 15) is 0 Å². The average Bonchev–Trinajstić information content (AvgIpc) is 3.64. The van der Waals surface area contributed by atoms with E-state index in [2.05, 4.69) is 150 Å². The van der Waals surface area contributed by atoms with Gasteiger partial charge in [0.25, 0.3) is 0 Å². The van der Waals surface area contributed by atoms with Crippen molar-refractivity contribution in [2.24, 2.45) is 0 Å². The highest BCUT2D eigenvalue weighted by molar-refractivity contribution is 6.26. The summed E-state index contributed by atoms with van der Waals surface area (Å²) in [6, 6.07) is 54.8. The Morgan fingerprint density at radius 3 is 1.73 bits per heavy atom. The number of para-hydroxylation sites is 2. The highest BCUT2D eigenvalue weighted by Gasteiger charge is 2.19. The number of aromatic nitrogens is 1. The molecule has 10 aromatic rings. The van der Waals surface area contributed by atoms with Crippen LogP contribution in [0.3, 0.4) is 0 Å². The highest BCUT2D eigenvalue weighted by atomic mass is 16.3. The maximum atomic E-state index is 6.51. The smallest absolute Gasteiger partial charge is 0.145 e. The van der Waals surface area contributed by atoms with Crippen molar-refractivity contribution in [2.75, 3.05) is 0 Å². The summed E-state index contributed by atoms with van der Waals surface area (Å²) in [5.74, 6) is 0. The number of nitrogens with zero attached hydrogens (tertiary/aromatic N) is 1. The van der Waals surface area contributed by atoms with Crippen LogP contribution < -0.4 is 0 Å². The van der Waals surface area contributed by atoms with E-state index in [0.29, 0.717) is 0 Å². The van der Waals surface area contributed by atoms with Gasteiger partial charge in [-0.3, -0.25) is 0 Å². The largest absolute Gasteiger partial charge is 0.455 e. The molecule has 2 heterocycles. The topological polar surface area (TPSA) is 18.1 Å². The summed E-state index contributed by atoms with van der Waals surface area (Å²) in [4.78, 5) is 0. The molecule has 0 N–H and O–H groups in total. The first-order chi connectivity index (χ1) is 21.8. The summed E-state index contributed by atoms with van der Waals surface area (Å²) in [6.45, 7) is 0. The van der Waals surface area contributed by atoms with Crippen molar-refractivity contribution in [1.29, 1.82) is 0 Å². The fourth-order valence-electron chi connectivity index (χ4n) is 7.42. The van der Waals surface area contributed by atoms with E-state index in [-0.39, 0.29) is 0 Å². The van der Waals surface area contributed by atoms with E-state index < -0.39 is 0 Å². The van der Waals surface area contributed by atoms with Gasteiger partial charge in [0.2, 0.25) is 0 Å². The van der Waals surface area contributed by atoms with Crippen LogP contribution in [0.15, 0.2) is 156 Å². The lowest BCUT2D eigenvalue weighted by Gasteiger charge is -2.13. The molecule has 2 aromatic heterocycles. The van der Waals surface area contributed by atoms with Crippen LogP contribution in [0.5, 0.6) is 0 Å². The Morgan fingerprint density at radius 1 is 0.364 bits per heavy atom. The maximum Gasteiger partial charge on any atom is 0.145 e. The fourth-order valence-corrected chi connectivity index (χ4v) is 7.42. The summed E-state index contributed by atoms with van der Waals surface area (Å²) in [5, 5.41) is 12.4. The molecule has 0 bridgehead atoms. The SMILES string of the molecule is c1cc(-c2ccc3c4ccccc4c4ccccc4c3c2)cc(-n2c3ccccc3c3c4oc5ccccc5c4ccc32)c1. The van der Waals surface area contributed by atoms with Crippen molar-refractivity contribution in [1.82, 2.24) is 4.57 Å². The zero-order chi connectivity index (χ0) is 28.8. The summed E-state index contributed by atoms with van der Waals surface area (Å²) < 4.78 is 8.89. The molecule has 8 aromatic carbocycles. The van der Waals surface area contributed by atoms with Crippen LogP contribution in [0.25, 0.3) is 92.9 Å². The van der Waals surface area contributed by atoms with Gasteiger partial charge in [0.1, 0.15) is 11.2 Å². The molecule has 204 valence electrons. The minimum atomic E-state index is 0.922.